The average Bonchev–Trinajstić information content (AvgIpc) is 3.00. The van der Waals surface area contributed by atoms with Crippen molar-refractivity contribution in [2.24, 2.45) is 10.9 Å². The molecule has 0 aliphatic carbocycles. The van der Waals surface area contributed by atoms with Gasteiger partial charge in [-0.2, -0.15) is 13.2 Å². The number of likely N-dealkylation sites (N-methyl/N-ethyl adjacent to an activating group) is 1. The largest absolute Gasteiger partial charge is 0.401 e. The fourth-order valence-corrected chi connectivity index (χ4v) is 2.89. The molecule has 0 aromatic carbocycles. The van der Waals surface area contributed by atoms with Crippen molar-refractivity contribution in [3.05, 3.63) is 0 Å². The van der Waals surface area contributed by atoms with E-state index in [0.717, 1.165) is 25.9 Å². The first kappa shape index (κ1) is 26.2. The predicted octanol–water partition coefficient (Wildman–Crippen LogP) is 2.25. The molecule has 27 heavy (non-hydrogen) atoms. The summed E-state index contributed by atoms with van der Waals surface area (Å²) in [6.45, 7) is 5.92. The van der Waals surface area contributed by atoms with Crippen LogP contribution in [0.3, 0.4) is 0 Å². The van der Waals surface area contributed by atoms with Crippen LogP contribution < -0.4 is 5.32 Å². The molecule has 1 fully saturated rings. The molecule has 0 bridgehead atoms. The Hall–Kier alpha value is -0.780. The Labute approximate surface area is 177 Å². The number of hydrogen-bond donors (Lipinski definition) is 1. The van der Waals surface area contributed by atoms with Gasteiger partial charge in [0.25, 0.3) is 0 Å². The summed E-state index contributed by atoms with van der Waals surface area (Å²) in [7, 11) is 3.37. The van der Waals surface area contributed by atoms with E-state index in [-0.39, 0.29) is 42.3 Å². The van der Waals surface area contributed by atoms with Crippen molar-refractivity contribution in [2.75, 3.05) is 59.9 Å². The van der Waals surface area contributed by atoms with E-state index in [1.807, 2.05) is 11.8 Å². The fourth-order valence-electron chi connectivity index (χ4n) is 2.89. The minimum Gasteiger partial charge on any atom is -0.356 e. The number of guanidine groups is 1. The zero-order chi connectivity index (χ0) is 19.7. The van der Waals surface area contributed by atoms with Crippen molar-refractivity contribution < 1.29 is 18.0 Å². The van der Waals surface area contributed by atoms with Gasteiger partial charge in [0.2, 0.25) is 5.91 Å². The number of carbonyl (C=O) groups excluding carboxylic acids is 1. The standard InChI is InChI=1S/C17H32F3N5O.HI/c1-5-8-21-16(22-10-15(26)23(3)4)25-9-7-14(12-25)11-24(6-2)13-17(18,19)20;/h14H,5-13H2,1-4H3,(H,21,22);1H. The number of alkyl halides is 3. The molecule has 1 N–H and O–H groups in total. The minimum absolute atomic E-state index is 0. The molecule has 0 radical (unpaired) electrons. The lowest BCUT2D eigenvalue weighted by Gasteiger charge is -2.26. The predicted molar refractivity (Wildman–Crippen MR) is 113 cm³/mol. The highest BCUT2D eigenvalue weighted by Crippen LogP contribution is 2.21. The molecule has 160 valence electrons. The molecule has 10 heteroatoms. The number of carbonyl (C=O) groups is 1. The molecule has 1 saturated heterocycles. The van der Waals surface area contributed by atoms with E-state index in [2.05, 4.69) is 10.3 Å². The first-order chi connectivity index (χ1) is 12.2. The van der Waals surface area contributed by atoms with Crippen LogP contribution in [0.1, 0.15) is 26.7 Å². The maximum absolute atomic E-state index is 12.6. The topological polar surface area (TPSA) is 51.2 Å². The smallest absolute Gasteiger partial charge is 0.356 e. The number of nitrogens with zero attached hydrogens (tertiary/aromatic N) is 4. The number of nitrogens with one attached hydrogen (secondary N) is 1. The maximum Gasteiger partial charge on any atom is 0.401 e. The fraction of sp³-hybridized carbons (Fsp3) is 0.882. The minimum atomic E-state index is -4.17. The van der Waals surface area contributed by atoms with Gasteiger partial charge in [-0.05, 0) is 25.3 Å². The summed E-state index contributed by atoms with van der Waals surface area (Å²) < 4.78 is 37.9. The summed E-state index contributed by atoms with van der Waals surface area (Å²) in [6.07, 6.45) is -2.42. The van der Waals surface area contributed by atoms with Crippen LogP contribution in [0.4, 0.5) is 13.2 Å². The van der Waals surface area contributed by atoms with E-state index in [1.165, 1.54) is 9.80 Å². The third-order valence-corrected chi connectivity index (χ3v) is 4.35. The second kappa shape index (κ2) is 12.6. The monoisotopic (exact) mass is 507 g/mol. The van der Waals surface area contributed by atoms with E-state index in [0.29, 0.717) is 25.6 Å². The Morgan fingerprint density at radius 1 is 1.30 bits per heavy atom. The van der Waals surface area contributed by atoms with E-state index >= 15 is 0 Å². The summed E-state index contributed by atoms with van der Waals surface area (Å²) >= 11 is 0. The van der Waals surface area contributed by atoms with Gasteiger partial charge in [0, 0.05) is 40.3 Å². The molecule has 1 rings (SSSR count). The zero-order valence-corrected chi connectivity index (χ0v) is 19.0. The number of halogens is 4. The molecular formula is C17H33F3IN5O. The van der Waals surface area contributed by atoms with Crippen LogP contribution in [-0.4, -0.2) is 92.7 Å². The van der Waals surface area contributed by atoms with Gasteiger partial charge in [-0.25, -0.2) is 4.99 Å². The summed E-state index contributed by atoms with van der Waals surface area (Å²) in [5.74, 6) is 0.748. The molecule has 1 atom stereocenters. The van der Waals surface area contributed by atoms with Crippen LogP contribution in [0.5, 0.6) is 0 Å². The van der Waals surface area contributed by atoms with Gasteiger partial charge >= 0.3 is 6.18 Å². The molecule has 0 aromatic heterocycles. The molecule has 0 saturated carbocycles. The molecule has 1 aliphatic rings. The van der Waals surface area contributed by atoms with Crippen LogP contribution in [0.2, 0.25) is 0 Å². The van der Waals surface area contributed by atoms with Gasteiger partial charge in [-0.3, -0.25) is 9.69 Å². The molecule has 1 heterocycles. The van der Waals surface area contributed by atoms with Gasteiger partial charge < -0.3 is 15.1 Å². The first-order valence-corrected chi connectivity index (χ1v) is 9.18. The van der Waals surface area contributed by atoms with E-state index in [9.17, 15) is 18.0 Å². The van der Waals surface area contributed by atoms with Crippen LogP contribution in [0.25, 0.3) is 0 Å². The number of hydrogen-bond acceptors (Lipinski definition) is 3. The highest BCUT2D eigenvalue weighted by atomic mass is 127. The van der Waals surface area contributed by atoms with E-state index in [4.69, 9.17) is 0 Å². The van der Waals surface area contributed by atoms with Crippen LogP contribution >= 0.6 is 24.0 Å². The molecular weight excluding hydrogens is 474 g/mol. The van der Waals surface area contributed by atoms with Crippen molar-refractivity contribution in [2.45, 2.75) is 32.9 Å². The van der Waals surface area contributed by atoms with Gasteiger partial charge in [0.15, 0.2) is 5.96 Å². The molecule has 1 amide bonds. The number of amides is 1. The van der Waals surface area contributed by atoms with Crippen molar-refractivity contribution in [1.82, 2.24) is 20.0 Å². The first-order valence-electron chi connectivity index (χ1n) is 9.18. The second-order valence-electron chi connectivity index (χ2n) is 6.90. The van der Waals surface area contributed by atoms with Crippen LogP contribution in [0, 0.1) is 5.92 Å². The highest BCUT2D eigenvalue weighted by molar-refractivity contribution is 14.0. The third kappa shape index (κ3) is 10.4. The van der Waals surface area contributed by atoms with Crippen LogP contribution in [0.15, 0.2) is 4.99 Å². The lowest BCUT2D eigenvalue weighted by molar-refractivity contribution is -0.146. The lowest BCUT2D eigenvalue weighted by atomic mass is 10.1. The van der Waals surface area contributed by atoms with Crippen molar-refractivity contribution in [3.63, 3.8) is 0 Å². The number of rotatable bonds is 8. The SMILES string of the molecule is CCCNC(=NCC(=O)N(C)C)N1CCC(CN(CC)CC(F)(F)F)C1.I. The quantitative estimate of drug-likeness (QED) is 0.311. The van der Waals surface area contributed by atoms with E-state index < -0.39 is 12.7 Å². The van der Waals surface area contributed by atoms with Gasteiger partial charge in [-0.15, -0.1) is 24.0 Å². The summed E-state index contributed by atoms with van der Waals surface area (Å²) in [5.41, 5.74) is 0. The summed E-state index contributed by atoms with van der Waals surface area (Å²) in [6, 6.07) is 0. The van der Waals surface area contributed by atoms with Gasteiger partial charge in [-0.1, -0.05) is 13.8 Å². The molecule has 1 unspecified atom stereocenters. The van der Waals surface area contributed by atoms with Crippen molar-refractivity contribution in [3.8, 4) is 0 Å². The molecule has 0 spiro atoms. The highest BCUT2D eigenvalue weighted by Gasteiger charge is 2.33. The van der Waals surface area contributed by atoms with Crippen molar-refractivity contribution in [1.29, 1.82) is 0 Å². The number of likely N-dealkylation sites (tertiary alicyclic amines) is 1. The van der Waals surface area contributed by atoms with Crippen molar-refractivity contribution >= 4 is 35.8 Å². The molecule has 0 aromatic rings. The number of aliphatic imine (C=N–C) groups is 1. The molecule has 6 nitrogen and oxygen atoms in total. The van der Waals surface area contributed by atoms with Crippen LogP contribution in [-0.2, 0) is 4.79 Å². The zero-order valence-electron chi connectivity index (χ0n) is 16.7. The third-order valence-electron chi connectivity index (χ3n) is 4.35. The van der Waals surface area contributed by atoms with Gasteiger partial charge in [0.1, 0.15) is 6.54 Å². The molecule has 1 aliphatic heterocycles. The van der Waals surface area contributed by atoms with E-state index in [1.54, 1.807) is 21.0 Å². The van der Waals surface area contributed by atoms with Gasteiger partial charge in [0.05, 0.1) is 6.54 Å². The Morgan fingerprint density at radius 3 is 2.48 bits per heavy atom. The average molecular weight is 507 g/mol. The Bertz CT molecular complexity index is 474. The Kier molecular flexibility index (Phi) is 12.3. The lowest BCUT2D eigenvalue weighted by Crippen LogP contribution is -2.42. The summed E-state index contributed by atoms with van der Waals surface area (Å²) in [4.78, 5) is 21.2. The Morgan fingerprint density at radius 2 is 1.96 bits per heavy atom. The summed E-state index contributed by atoms with van der Waals surface area (Å²) in [5, 5.41) is 3.24. The second-order valence-corrected chi connectivity index (χ2v) is 6.90. The Balaban J connectivity index is 0.00000676. The maximum atomic E-state index is 12.6. The normalized spacial score (nSPS) is 17.9.